The van der Waals surface area contributed by atoms with Gasteiger partial charge >= 0.3 is 0 Å². The average Bonchev–Trinajstić information content (AvgIpc) is 2.66. The first-order valence-corrected chi connectivity index (χ1v) is 5.46. The topological polar surface area (TPSA) is 54.2 Å². The van der Waals surface area contributed by atoms with Crippen LogP contribution in [0.5, 0.6) is 0 Å². The van der Waals surface area contributed by atoms with Gasteiger partial charge in [0.25, 0.3) is 0 Å². The fourth-order valence-electron chi connectivity index (χ4n) is 1.97. The van der Waals surface area contributed by atoms with E-state index in [9.17, 15) is 0 Å². The average molecular weight is 210 g/mol. The molecule has 1 aromatic heterocycles. The van der Waals surface area contributed by atoms with E-state index >= 15 is 0 Å². The van der Waals surface area contributed by atoms with Gasteiger partial charge in [-0.15, -0.1) is 0 Å². The zero-order chi connectivity index (χ0) is 10.7. The van der Waals surface area contributed by atoms with Crippen molar-refractivity contribution in [1.82, 2.24) is 20.5 Å². The molecule has 0 aromatic carbocycles. The quantitative estimate of drug-likeness (QED) is 0.790. The molecule has 0 amide bonds. The highest BCUT2D eigenvalue weighted by Gasteiger charge is 2.19. The third-order valence-corrected chi connectivity index (χ3v) is 3.04. The minimum atomic E-state index is 0.606. The molecule has 1 aliphatic rings. The number of aromatic nitrogens is 2. The Bertz CT molecular complexity index is 306. The van der Waals surface area contributed by atoms with Crippen molar-refractivity contribution in [2.24, 2.45) is 0 Å². The number of nitrogens with zero attached hydrogens (tertiary/aromatic N) is 3. The van der Waals surface area contributed by atoms with Crippen LogP contribution >= 0.6 is 0 Å². The van der Waals surface area contributed by atoms with Crippen molar-refractivity contribution in [2.75, 3.05) is 20.1 Å². The standard InChI is InChI=1S/C10H18N4O/c1-8-10(13-15-12-8)7-14(2)9-4-3-5-11-6-9/h9,11H,3-7H2,1-2H3. The molecule has 5 nitrogen and oxygen atoms in total. The predicted molar refractivity (Wildman–Crippen MR) is 56.4 cm³/mol. The molecule has 0 saturated carbocycles. The zero-order valence-electron chi connectivity index (χ0n) is 9.36. The van der Waals surface area contributed by atoms with Crippen molar-refractivity contribution in [3.05, 3.63) is 11.4 Å². The number of aryl methyl sites for hydroxylation is 1. The largest absolute Gasteiger partial charge is 0.315 e. The van der Waals surface area contributed by atoms with E-state index < -0.39 is 0 Å². The molecule has 0 bridgehead atoms. The summed E-state index contributed by atoms with van der Waals surface area (Å²) in [5.74, 6) is 0. The maximum absolute atomic E-state index is 4.69. The number of hydrogen-bond acceptors (Lipinski definition) is 5. The van der Waals surface area contributed by atoms with Gasteiger partial charge in [0, 0.05) is 19.1 Å². The first kappa shape index (κ1) is 10.6. The lowest BCUT2D eigenvalue weighted by Gasteiger charge is -2.31. The Hall–Kier alpha value is -0.940. The van der Waals surface area contributed by atoms with Crippen molar-refractivity contribution in [3.8, 4) is 0 Å². The van der Waals surface area contributed by atoms with E-state index in [1.165, 1.54) is 12.8 Å². The van der Waals surface area contributed by atoms with Gasteiger partial charge in [-0.25, -0.2) is 4.63 Å². The summed E-state index contributed by atoms with van der Waals surface area (Å²) in [5.41, 5.74) is 1.84. The fraction of sp³-hybridized carbons (Fsp3) is 0.800. The minimum Gasteiger partial charge on any atom is -0.315 e. The normalized spacial score (nSPS) is 22.2. The molecule has 1 unspecified atom stereocenters. The van der Waals surface area contributed by atoms with Gasteiger partial charge in [-0.1, -0.05) is 10.3 Å². The third kappa shape index (κ3) is 2.54. The fourth-order valence-corrected chi connectivity index (χ4v) is 1.97. The summed E-state index contributed by atoms with van der Waals surface area (Å²) in [6.07, 6.45) is 2.51. The second-order valence-electron chi connectivity index (χ2n) is 4.21. The van der Waals surface area contributed by atoms with Crippen LogP contribution in [0.2, 0.25) is 0 Å². The van der Waals surface area contributed by atoms with Gasteiger partial charge in [-0.05, 0) is 33.4 Å². The van der Waals surface area contributed by atoms with E-state index in [1.54, 1.807) is 0 Å². The molecule has 2 heterocycles. The van der Waals surface area contributed by atoms with Crippen molar-refractivity contribution in [3.63, 3.8) is 0 Å². The number of rotatable bonds is 3. The highest BCUT2D eigenvalue weighted by molar-refractivity contribution is 5.04. The number of piperidine rings is 1. The van der Waals surface area contributed by atoms with Crippen LogP contribution in [0.3, 0.4) is 0 Å². The molecule has 5 heteroatoms. The van der Waals surface area contributed by atoms with Gasteiger partial charge < -0.3 is 5.32 Å². The maximum Gasteiger partial charge on any atom is 0.122 e. The summed E-state index contributed by atoms with van der Waals surface area (Å²) >= 11 is 0. The first-order valence-electron chi connectivity index (χ1n) is 5.46. The lowest BCUT2D eigenvalue weighted by Crippen LogP contribution is -2.43. The number of nitrogens with one attached hydrogen (secondary N) is 1. The van der Waals surface area contributed by atoms with Gasteiger partial charge in [0.15, 0.2) is 0 Å². The second-order valence-corrected chi connectivity index (χ2v) is 4.21. The molecule has 15 heavy (non-hydrogen) atoms. The molecule has 1 aliphatic heterocycles. The Morgan fingerprint density at radius 3 is 3.00 bits per heavy atom. The maximum atomic E-state index is 4.69. The zero-order valence-corrected chi connectivity index (χ0v) is 9.36. The Morgan fingerprint density at radius 1 is 1.53 bits per heavy atom. The van der Waals surface area contributed by atoms with Crippen LogP contribution in [0.1, 0.15) is 24.2 Å². The molecule has 1 fully saturated rings. The molecule has 0 aliphatic carbocycles. The van der Waals surface area contributed by atoms with E-state index in [1.807, 2.05) is 6.92 Å². The lowest BCUT2D eigenvalue weighted by molar-refractivity contribution is 0.190. The van der Waals surface area contributed by atoms with E-state index in [4.69, 9.17) is 4.63 Å². The van der Waals surface area contributed by atoms with Gasteiger partial charge in [0.05, 0.1) is 0 Å². The van der Waals surface area contributed by atoms with Crippen molar-refractivity contribution < 1.29 is 4.63 Å². The van der Waals surface area contributed by atoms with Crippen LogP contribution in [0, 0.1) is 6.92 Å². The summed E-state index contributed by atoms with van der Waals surface area (Å²) < 4.78 is 4.69. The van der Waals surface area contributed by atoms with Gasteiger partial charge in [0.1, 0.15) is 11.4 Å². The number of likely N-dealkylation sites (N-methyl/N-ethyl adjacent to an activating group) is 1. The summed E-state index contributed by atoms with van der Waals surface area (Å²) in [6, 6.07) is 0.606. The molecule has 1 saturated heterocycles. The lowest BCUT2D eigenvalue weighted by atomic mass is 10.1. The molecule has 84 valence electrons. The van der Waals surface area contributed by atoms with E-state index in [-0.39, 0.29) is 0 Å². The van der Waals surface area contributed by atoms with Crippen molar-refractivity contribution in [1.29, 1.82) is 0 Å². The molecule has 2 rings (SSSR count). The van der Waals surface area contributed by atoms with Crippen LogP contribution in [0.15, 0.2) is 4.63 Å². The minimum absolute atomic E-state index is 0.606. The summed E-state index contributed by atoms with van der Waals surface area (Å²) in [5, 5.41) is 11.1. The predicted octanol–water partition coefficient (Wildman–Crippen LogP) is 0.562. The Balaban J connectivity index is 1.91. The summed E-state index contributed by atoms with van der Waals surface area (Å²) in [7, 11) is 2.13. The van der Waals surface area contributed by atoms with E-state index in [2.05, 4.69) is 27.6 Å². The molecular weight excluding hydrogens is 192 g/mol. The molecule has 0 radical (unpaired) electrons. The third-order valence-electron chi connectivity index (χ3n) is 3.04. The molecule has 1 atom stereocenters. The van der Waals surface area contributed by atoms with Crippen LogP contribution in [0.25, 0.3) is 0 Å². The Morgan fingerprint density at radius 2 is 2.40 bits per heavy atom. The first-order chi connectivity index (χ1) is 7.27. The van der Waals surface area contributed by atoms with E-state index in [0.29, 0.717) is 6.04 Å². The van der Waals surface area contributed by atoms with Crippen LogP contribution in [-0.2, 0) is 6.54 Å². The summed E-state index contributed by atoms with van der Waals surface area (Å²) in [4.78, 5) is 2.32. The van der Waals surface area contributed by atoms with Crippen LogP contribution in [-0.4, -0.2) is 41.4 Å². The summed E-state index contributed by atoms with van der Waals surface area (Å²) in [6.45, 7) is 4.97. The van der Waals surface area contributed by atoms with E-state index in [0.717, 1.165) is 31.0 Å². The smallest absolute Gasteiger partial charge is 0.122 e. The number of hydrogen-bond donors (Lipinski definition) is 1. The van der Waals surface area contributed by atoms with Crippen LogP contribution in [0.4, 0.5) is 0 Å². The second kappa shape index (κ2) is 4.72. The van der Waals surface area contributed by atoms with Gasteiger partial charge in [-0.2, -0.15) is 0 Å². The Labute approximate surface area is 89.8 Å². The van der Waals surface area contributed by atoms with Crippen molar-refractivity contribution >= 4 is 0 Å². The molecule has 1 aromatic rings. The van der Waals surface area contributed by atoms with Crippen molar-refractivity contribution in [2.45, 2.75) is 32.4 Å². The van der Waals surface area contributed by atoms with Gasteiger partial charge in [-0.3, -0.25) is 4.90 Å². The highest BCUT2D eigenvalue weighted by Crippen LogP contribution is 2.12. The monoisotopic (exact) mass is 210 g/mol. The van der Waals surface area contributed by atoms with Gasteiger partial charge in [0.2, 0.25) is 0 Å². The van der Waals surface area contributed by atoms with Crippen LogP contribution < -0.4 is 5.32 Å². The highest BCUT2D eigenvalue weighted by atomic mass is 16.6. The molecule has 1 N–H and O–H groups in total. The molecule has 0 spiro atoms. The molecular formula is C10H18N4O. The Kier molecular flexibility index (Phi) is 3.33. The SMILES string of the molecule is Cc1nonc1CN(C)C1CCCNC1.